The fraction of sp³-hybridized carbons (Fsp3) is 0.417. The van der Waals surface area contributed by atoms with Crippen LogP contribution in [0.4, 0.5) is 11.4 Å². The van der Waals surface area contributed by atoms with Crippen LogP contribution >= 0.6 is 0 Å². The van der Waals surface area contributed by atoms with Gasteiger partial charge in [-0.1, -0.05) is 0 Å². The lowest BCUT2D eigenvalue weighted by Gasteiger charge is -2.09. The summed E-state index contributed by atoms with van der Waals surface area (Å²) in [5, 5.41) is 12.7. The van der Waals surface area contributed by atoms with E-state index >= 15 is 0 Å². The normalized spacial score (nSPS) is 13.0. The van der Waals surface area contributed by atoms with E-state index in [-0.39, 0.29) is 6.04 Å². The summed E-state index contributed by atoms with van der Waals surface area (Å²) >= 11 is 0. The van der Waals surface area contributed by atoms with Crippen LogP contribution < -0.4 is 9.90 Å². The van der Waals surface area contributed by atoms with Crippen LogP contribution in [0.5, 0.6) is 0 Å². The number of fused-ring (bicyclic) bond motifs is 2. The van der Waals surface area contributed by atoms with Gasteiger partial charge in [-0.15, -0.1) is 5.10 Å². The Bertz CT molecular complexity index is 636. The predicted molar refractivity (Wildman–Crippen MR) is 65.2 cm³/mol. The van der Waals surface area contributed by atoms with Crippen molar-refractivity contribution >= 4 is 28.7 Å². The molecule has 0 saturated heterocycles. The lowest BCUT2D eigenvalue weighted by Crippen LogP contribution is -2.40. The summed E-state index contributed by atoms with van der Waals surface area (Å²) in [6.45, 7) is 8.23. The molecule has 0 aliphatic carbocycles. The van der Waals surface area contributed by atoms with Gasteiger partial charge in [0, 0.05) is 6.34 Å². The third-order valence-electron chi connectivity index (χ3n) is 3.15. The molecule has 5 nitrogen and oxygen atoms in total. The highest BCUT2D eigenvalue weighted by atomic mass is 15.4. The summed E-state index contributed by atoms with van der Waals surface area (Å²) in [7, 11) is 0. The zero-order valence-electron chi connectivity index (χ0n) is 10.3. The van der Waals surface area contributed by atoms with Crippen molar-refractivity contribution in [1.29, 1.82) is 0 Å². The van der Waals surface area contributed by atoms with Gasteiger partial charge in [0.2, 0.25) is 5.52 Å². The maximum atomic E-state index is 4.26. The predicted octanol–water partition coefficient (Wildman–Crippen LogP) is 2.23. The van der Waals surface area contributed by atoms with Crippen molar-refractivity contribution in [2.45, 2.75) is 33.7 Å². The number of aromatic nitrogens is 3. The van der Waals surface area contributed by atoms with Gasteiger partial charge >= 0.3 is 0 Å². The van der Waals surface area contributed by atoms with Gasteiger partial charge in [-0.05, 0) is 27.7 Å². The van der Waals surface area contributed by atoms with Crippen molar-refractivity contribution in [3.63, 3.8) is 0 Å². The van der Waals surface area contributed by atoms with Crippen molar-refractivity contribution in [2.75, 3.05) is 0 Å². The Kier molecular flexibility index (Phi) is 1.94. The van der Waals surface area contributed by atoms with E-state index in [4.69, 9.17) is 0 Å². The SMILES string of the molecule is Cc1c2c(c(C)c3c1n[n-][n+]3C(C)C)[N-][C+]=N2. The minimum Gasteiger partial charge on any atom is -0.311 e. The van der Waals surface area contributed by atoms with Crippen LogP contribution in [0.3, 0.4) is 0 Å². The Morgan fingerprint density at radius 3 is 2.71 bits per heavy atom. The number of nitrogens with zero attached hydrogens (tertiary/aromatic N) is 5. The minimum absolute atomic E-state index is 0.280. The highest BCUT2D eigenvalue weighted by Crippen LogP contribution is 2.44. The Balaban J connectivity index is 2.45. The first-order valence-electron chi connectivity index (χ1n) is 5.65. The van der Waals surface area contributed by atoms with E-state index in [2.05, 4.69) is 40.8 Å². The molecule has 2 heterocycles. The fourth-order valence-electron chi connectivity index (χ4n) is 2.24. The maximum absolute atomic E-state index is 4.26. The number of hydrogen-bond donors (Lipinski definition) is 0. The Morgan fingerprint density at radius 2 is 2.00 bits per heavy atom. The van der Waals surface area contributed by atoms with E-state index < -0.39 is 0 Å². The second kappa shape index (κ2) is 3.25. The summed E-state index contributed by atoms with van der Waals surface area (Å²) in [6, 6.07) is 0.280. The van der Waals surface area contributed by atoms with Crippen molar-refractivity contribution in [2.24, 2.45) is 4.99 Å². The molecule has 2 aromatic rings. The molecule has 86 valence electrons. The molecule has 1 aliphatic rings. The molecule has 0 unspecified atom stereocenters. The highest BCUT2D eigenvalue weighted by Gasteiger charge is 2.26. The van der Waals surface area contributed by atoms with E-state index in [1.165, 1.54) is 0 Å². The first-order chi connectivity index (χ1) is 8.11. The highest BCUT2D eigenvalue weighted by molar-refractivity contribution is 6.04. The lowest BCUT2D eigenvalue weighted by atomic mass is 10.0. The summed E-state index contributed by atoms with van der Waals surface area (Å²) in [6.07, 6.45) is 2.68. The average molecular weight is 227 g/mol. The zero-order chi connectivity index (χ0) is 12.2. The number of aliphatic imine (C=N–C) groups is 1. The zero-order valence-corrected chi connectivity index (χ0v) is 10.3. The van der Waals surface area contributed by atoms with Gasteiger partial charge in [-0.2, -0.15) is 0 Å². The van der Waals surface area contributed by atoms with Crippen LogP contribution in [0.25, 0.3) is 16.4 Å². The second-order valence-corrected chi connectivity index (χ2v) is 4.60. The summed E-state index contributed by atoms with van der Waals surface area (Å²) in [5.74, 6) is 0. The van der Waals surface area contributed by atoms with E-state index in [9.17, 15) is 0 Å². The molecular formula is C12H13N5. The summed E-state index contributed by atoms with van der Waals surface area (Å²) in [4.78, 5) is 4.17. The minimum atomic E-state index is 0.280. The second-order valence-electron chi connectivity index (χ2n) is 4.60. The Morgan fingerprint density at radius 1 is 1.24 bits per heavy atom. The van der Waals surface area contributed by atoms with Gasteiger partial charge < -0.3 is 9.90 Å². The van der Waals surface area contributed by atoms with Crippen LogP contribution in [0.1, 0.15) is 31.0 Å². The molecular weight excluding hydrogens is 214 g/mol. The average Bonchev–Trinajstić information content (AvgIpc) is 2.92. The first-order valence-corrected chi connectivity index (χ1v) is 5.65. The van der Waals surface area contributed by atoms with Gasteiger partial charge in [0.15, 0.2) is 5.52 Å². The van der Waals surface area contributed by atoms with Crippen LogP contribution in [-0.2, 0) is 0 Å². The first kappa shape index (κ1) is 10.2. The molecule has 0 saturated carbocycles. The van der Waals surface area contributed by atoms with Crippen molar-refractivity contribution < 1.29 is 4.68 Å². The van der Waals surface area contributed by atoms with Crippen molar-refractivity contribution in [3.8, 4) is 0 Å². The largest absolute Gasteiger partial charge is 0.311 e. The topological polar surface area (TPSA) is 57.3 Å². The molecule has 5 heteroatoms. The summed E-state index contributed by atoms with van der Waals surface area (Å²) < 4.78 is 1.94. The molecule has 0 amide bonds. The molecule has 1 aromatic heterocycles. The van der Waals surface area contributed by atoms with Gasteiger partial charge in [0.05, 0.1) is 17.2 Å². The summed E-state index contributed by atoms with van der Waals surface area (Å²) in [5.41, 5.74) is 5.86. The number of hydrogen-bond acceptors (Lipinski definition) is 2. The fourth-order valence-corrected chi connectivity index (χ4v) is 2.24. The maximum Gasteiger partial charge on any atom is 0.220 e. The van der Waals surface area contributed by atoms with Crippen LogP contribution in [-0.4, -0.2) is 11.4 Å². The Labute approximate surface area is 99.5 Å². The molecule has 0 radical (unpaired) electrons. The third-order valence-corrected chi connectivity index (χ3v) is 3.15. The number of rotatable bonds is 1. The van der Waals surface area contributed by atoms with Crippen LogP contribution in [0.2, 0.25) is 0 Å². The Hall–Kier alpha value is -2.00. The van der Waals surface area contributed by atoms with Gasteiger partial charge in [0.25, 0.3) is 0 Å². The molecule has 1 aliphatic heterocycles. The van der Waals surface area contributed by atoms with E-state index in [0.717, 1.165) is 33.5 Å². The monoisotopic (exact) mass is 227 g/mol. The molecule has 3 rings (SSSR count). The van der Waals surface area contributed by atoms with Crippen LogP contribution in [0.15, 0.2) is 4.99 Å². The molecule has 0 fully saturated rings. The van der Waals surface area contributed by atoms with Crippen LogP contribution in [0, 0.1) is 13.8 Å². The van der Waals surface area contributed by atoms with Gasteiger partial charge in [-0.25, -0.2) is 0 Å². The standard InChI is InChI=1S/C12H13N5/c1-6(2)17-12-8(4)10-9(13-5-14-10)7(3)11(12)15-16-17/h6H,1-4H3. The van der Waals surface area contributed by atoms with E-state index in [1.807, 2.05) is 18.5 Å². The van der Waals surface area contributed by atoms with Gasteiger partial charge in [0.1, 0.15) is 11.4 Å². The molecule has 17 heavy (non-hydrogen) atoms. The van der Waals surface area contributed by atoms with Gasteiger partial charge in [-0.3, -0.25) is 10.3 Å². The molecule has 0 atom stereocenters. The lowest BCUT2D eigenvalue weighted by molar-refractivity contribution is -0.753. The van der Waals surface area contributed by atoms with Crippen molar-refractivity contribution in [1.82, 2.24) is 10.3 Å². The molecule has 0 spiro atoms. The third kappa shape index (κ3) is 1.20. The van der Waals surface area contributed by atoms with Crippen molar-refractivity contribution in [3.05, 3.63) is 16.4 Å². The quantitative estimate of drug-likeness (QED) is 0.554. The van der Waals surface area contributed by atoms with E-state index in [1.54, 1.807) is 0 Å². The number of aryl methyl sites for hydroxylation is 2. The molecule has 1 aromatic carbocycles. The number of benzene rings is 1. The smallest absolute Gasteiger partial charge is 0.220 e. The molecule has 0 N–H and O–H groups in total. The molecule has 0 bridgehead atoms. The van der Waals surface area contributed by atoms with E-state index in [0.29, 0.717) is 0 Å².